The quantitative estimate of drug-likeness (QED) is 0.0713. The van der Waals surface area contributed by atoms with Crippen LogP contribution in [0.25, 0.3) is 0 Å². The zero-order chi connectivity index (χ0) is 33.6. The predicted molar refractivity (Wildman–Crippen MR) is 172 cm³/mol. The monoisotopic (exact) mass is 643 g/mol. The number of carboxylic acids is 1. The Kier molecular flexibility index (Phi) is 12.5. The normalized spacial score (nSPS) is 11.3. The van der Waals surface area contributed by atoms with E-state index in [4.69, 9.17) is 18.7 Å². The second kappa shape index (κ2) is 17.2. The van der Waals surface area contributed by atoms with Crippen molar-refractivity contribution >= 4 is 29.4 Å². The van der Waals surface area contributed by atoms with Gasteiger partial charge < -0.3 is 34.5 Å². The summed E-state index contributed by atoms with van der Waals surface area (Å²) in [5.74, 6) is -1.90. The lowest BCUT2D eigenvalue weighted by atomic mass is 10.0. The number of amides is 2. The van der Waals surface area contributed by atoms with Crippen LogP contribution in [0.15, 0.2) is 83.5 Å². The number of carbonyl (C=O) groups is 4. The van der Waals surface area contributed by atoms with E-state index in [1.54, 1.807) is 36.4 Å². The van der Waals surface area contributed by atoms with E-state index in [-0.39, 0.29) is 29.2 Å². The number of nitrogens with zero attached hydrogens (tertiary/aromatic N) is 1. The third-order valence-electron chi connectivity index (χ3n) is 7.15. The topological polar surface area (TPSA) is 166 Å². The van der Waals surface area contributed by atoms with Crippen molar-refractivity contribution < 1.29 is 43.0 Å². The standard InChI is InChI=1S/C35H37N3O9/c1-3-4-5-6-7-20-45-27-15-11-25(12-16-27)35(43)46-29-17-8-23(22-31(29)44-2)21-28(34(41)42)38-32(39)24-9-13-26(14-10-24)37-33(40)30-18-19-36-47-30/h8-19,22,28H,3-7,20-21H2,1-2H3,(H,37,40)(H,38,39)(H,41,42). The van der Waals surface area contributed by atoms with Crippen molar-refractivity contribution in [2.24, 2.45) is 0 Å². The van der Waals surface area contributed by atoms with Crippen molar-refractivity contribution in [2.45, 2.75) is 51.5 Å². The van der Waals surface area contributed by atoms with Gasteiger partial charge >= 0.3 is 11.9 Å². The van der Waals surface area contributed by atoms with Crippen LogP contribution in [0, 0.1) is 0 Å². The van der Waals surface area contributed by atoms with Gasteiger partial charge in [0.2, 0.25) is 5.76 Å². The summed E-state index contributed by atoms with van der Waals surface area (Å²) < 4.78 is 21.5. The van der Waals surface area contributed by atoms with Crippen LogP contribution in [-0.4, -0.2) is 53.8 Å². The SMILES string of the molecule is CCCCCCCOc1ccc(C(=O)Oc2ccc(CC(NC(=O)c3ccc(NC(=O)c4ccno4)cc3)C(=O)O)cc2OC)cc1. The minimum atomic E-state index is -1.27. The van der Waals surface area contributed by atoms with Gasteiger partial charge in [-0.15, -0.1) is 0 Å². The Labute approximate surface area is 272 Å². The van der Waals surface area contributed by atoms with Crippen molar-refractivity contribution in [3.8, 4) is 17.2 Å². The number of hydrogen-bond acceptors (Lipinski definition) is 9. The number of rotatable bonds is 17. The molecule has 1 aromatic heterocycles. The van der Waals surface area contributed by atoms with Crippen molar-refractivity contribution in [1.82, 2.24) is 10.5 Å². The molecular formula is C35H37N3O9. The van der Waals surface area contributed by atoms with Crippen LogP contribution >= 0.6 is 0 Å². The fraction of sp³-hybridized carbons (Fsp3) is 0.286. The number of aliphatic carboxylic acids is 1. The molecule has 0 saturated heterocycles. The molecule has 12 heteroatoms. The van der Waals surface area contributed by atoms with E-state index in [0.29, 0.717) is 29.2 Å². The lowest BCUT2D eigenvalue weighted by Crippen LogP contribution is -2.42. The van der Waals surface area contributed by atoms with Gasteiger partial charge in [-0.05, 0) is 72.6 Å². The summed E-state index contributed by atoms with van der Waals surface area (Å²) in [6.45, 7) is 2.79. The first-order chi connectivity index (χ1) is 22.8. The zero-order valence-electron chi connectivity index (χ0n) is 26.2. The van der Waals surface area contributed by atoms with E-state index in [9.17, 15) is 24.3 Å². The second-order valence-corrected chi connectivity index (χ2v) is 10.6. The number of hydrogen-bond donors (Lipinski definition) is 3. The van der Waals surface area contributed by atoms with Gasteiger partial charge in [0.15, 0.2) is 11.5 Å². The predicted octanol–water partition coefficient (Wildman–Crippen LogP) is 5.93. The molecular weight excluding hydrogens is 606 g/mol. The number of benzene rings is 3. The lowest BCUT2D eigenvalue weighted by Gasteiger charge is -2.16. The van der Waals surface area contributed by atoms with Gasteiger partial charge in [-0.3, -0.25) is 9.59 Å². The fourth-order valence-electron chi connectivity index (χ4n) is 4.57. The molecule has 0 fully saturated rings. The van der Waals surface area contributed by atoms with Crippen LogP contribution in [0.2, 0.25) is 0 Å². The van der Waals surface area contributed by atoms with Crippen LogP contribution in [0.4, 0.5) is 5.69 Å². The van der Waals surface area contributed by atoms with E-state index in [2.05, 4.69) is 22.7 Å². The number of esters is 1. The Bertz CT molecular complexity index is 1640. The summed E-state index contributed by atoms with van der Waals surface area (Å²) in [6, 6.07) is 17.4. The summed E-state index contributed by atoms with van der Waals surface area (Å²) in [5.41, 5.74) is 1.44. The number of ether oxygens (including phenoxy) is 3. The third-order valence-corrected chi connectivity index (χ3v) is 7.15. The van der Waals surface area contributed by atoms with Gasteiger partial charge in [0, 0.05) is 23.7 Å². The maximum Gasteiger partial charge on any atom is 0.343 e. The highest BCUT2D eigenvalue weighted by molar-refractivity contribution is 6.02. The van der Waals surface area contributed by atoms with Crippen molar-refractivity contribution in [3.05, 3.63) is 101 Å². The van der Waals surface area contributed by atoms with Gasteiger partial charge in [0.1, 0.15) is 11.8 Å². The molecule has 4 rings (SSSR count). The van der Waals surface area contributed by atoms with Crippen LogP contribution in [0.3, 0.4) is 0 Å². The maximum absolute atomic E-state index is 12.8. The number of aromatic nitrogens is 1. The minimum absolute atomic E-state index is 0.0260. The van der Waals surface area contributed by atoms with Gasteiger partial charge in [0.05, 0.1) is 25.5 Å². The van der Waals surface area contributed by atoms with Crippen LogP contribution in [-0.2, 0) is 11.2 Å². The largest absolute Gasteiger partial charge is 0.494 e. The number of carbonyl (C=O) groups excluding carboxylic acids is 3. The van der Waals surface area contributed by atoms with E-state index in [1.807, 2.05) is 0 Å². The molecule has 2 amide bonds. The van der Waals surface area contributed by atoms with Crippen molar-refractivity contribution in [1.29, 1.82) is 0 Å². The summed E-state index contributed by atoms with van der Waals surface area (Å²) in [6.07, 6.45) is 6.97. The molecule has 0 aliphatic heterocycles. The smallest absolute Gasteiger partial charge is 0.343 e. The molecule has 246 valence electrons. The molecule has 1 heterocycles. The highest BCUT2D eigenvalue weighted by Gasteiger charge is 2.23. The Hall–Kier alpha value is -5.65. The number of carboxylic acid groups (broad SMARTS) is 1. The number of nitrogens with one attached hydrogen (secondary N) is 2. The molecule has 47 heavy (non-hydrogen) atoms. The molecule has 12 nitrogen and oxygen atoms in total. The minimum Gasteiger partial charge on any atom is -0.494 e. The van der Waals surface area contributed by atoms with Gasteiger partial charge in [-0.2, -0.15) is 0 Å². The third kappa shape index (κ3) is 10.2. The average Bonchev–Trinajstić information content (AvgIpc) is 3.63. The van der Waals surface area contributed by atoms with E-state index < -0.39 is 29.8 Å². The molecule has 3 aromatic carbocycles. The molecule has 0 aliphatic carbocycles. The molecule has 0 spiro atoms. The van der Waals surface area contributed by atoms with Crippen molar-refractivity contribution in [3.63, 3.8) is 0 Å². The zero-order valence-corrected chi connectivity index (χ0v) is 26.2. The van der Waals surface area contributed by atoms with Gasteiger partial charge in [-0.1, -0.05) is 43.8 Å². The molecule has 0 radical (unpaired) electrons. The molecule has 0 saturated carbocycles. The Morgan fingerprint density at radius 3 is 2.23 bits per heavy atom. The maximum atomic E-state index is 12.8. The lowest BCUT2D eigenvalue weighted by molar-refractivity contribution is -0.139. The second-order valence-electron chi connectivity index (χ2n) is 10.6. The molecule has 1 unspecified atom stereocenters. The summed E-state index contributed by atoms with van der Waals surface area (Å²) in [4.78, 5) is 49.8. The molecule has 3 N–H and O–H groups in total. The van der Waals surface area contributed by atoms with E-state index in [0.717, 1.165) is 12.8 Å². The Morgan fingerprint density at radius 1 is 0.851 bits per heavy atom. The van der Waals surface area contributed by atoms with Crippen LogP contribution < -0.4 is 24.8 Å². The summed E-state index contributed by atoms with van der Waals surface area (Å²) >= 11 is 0. The molecule has 0 bridgehead atoms. The molecule has 1 atom stereocenters. The van der Waals surface area contributed by atoms with Crippen LogP contribution in [0.1, 0.15) is 75.9 Å². The Balaban J connectivity index is 1.32. The Morgan fingerprint density at radius 2 is 1.57 bits per heavy atom. The summed E-state index contributed by atoms with van der Waals surface area (Å²) in [5, 5.41) is 18.4. The molecule has 0 aliphatic rings. The summed E-state index contributed by atoms with van der Waals surface area (Å²) in [7, 11) is 1.40. The van der Waals surface area contributed by atoms with E-state index in [1.165, 1.54) is 69.0 Å². The highest BCUT2D eigenvalue weighted by atomic mass is 16.6. The van der Waals surface area contributed by atoms with Gasteiger partial charge in [-0.25, -0.2) is 9.59 Å². The average molecular weight is 644 g/mol. The first kappa shape index (κ1) is 34.2. The first-order valence-corrected chi connectivity index (χ1v) is 15.2. The number of unbranched alkanes of at least 4 members (excludes halogenated alkanes) is 4. The van der Waals surface area contributed by atoms with Crippen molar-refractivity contribution in [2.75, 3.05) is 19.0 Å². The molecule has 4 aromatic rings. The number of methoxy groups -OCH3 is 1. The van der Waals surface area contributed by atoms with Crippen LogP contribution in [0.5, 0.6) is 17.2 Å². The first-order valence-electron chi connectivity index (χ1n) is 15.2. The van der Waals surface area contributed by atoms with E-state index >= 15 is 0 Å². The van der Waals surface area contributed by atoms with Gasteiger partial charge in [0.25, 0.3) is 11.8 Å². The number of anilines is 1. The fourth-order valence-corrected chi connectivity index (χ4v) is 4.57. The highest BCUT2D eigenvalue weighted by Crippen LogP contribution is 2.30.